The molecule has 2 aromatic heterocycles. The van der Waals surface area contributed by atoms with E-state index in [1.54, 1.807) is 18.2 Å². The van der Waals surface area contributed by atoms with Gasteiger partial charge in [-0.3, -0.25) is 4.79 Å². The molecule has 26 heavy (non-hydrogen) atoms. The number of aromatic amines is 1. The number of rotatable bonds is 4. The van der Waals surface area contributed by atoms with Crippen LogP contribution in [-0.2, 0) is 11.2 Å². The molecule has 2 heterocycles. The average molecular weight is 386 g/mol. The minimum absolute atomic E-state index is 0.0123. The van der Waals surface area contributed by atoms with Gasteiger partial charge in [-0.05, 0) is 30.3 Å². The number of anilines is 1. The van der Waals surface area contributed by atoms with Gasteiger partial charge >= 0.3 is 5.97 Å². The Morgan fingerprint density at radius 3 is 2.81 bits per heavy atom. The molecule has 1 amide bonds. The predicted octanol–water partition coefficient (Wildman–Crippen LogP) is 4.31. The van der Waals surface area contributed by atoms with E-state index in [1.165, 1.54) is 11.3 Å². The Labute approximate surface area is 156 Å². The summed E-state index contributed by atoms with van der Waals surface area (Å²) in [7, 11) is 0. The Morgan fingerprint density at radius 1 is 1.23 bits per heavy atom. The first-order valence-electron chi connectivity index (χ1n) is 7.70. The summed E-state index contributed by atoms with van der Waals surface area (Å²) in [5.74, 6) is -1.47. The van der Waals surface area contributed by atoms with Gasteiger partial charge in [0.15, 0.2) is 5.13 Å². The van der Waals surface area contributed by atoms with Gasteiger partial charge in [0.2, 0.25) is 5.91 Å². The van der Waals surface area contributed by atoms with E-state index in [4.69, 9.17) is 11.6 Å². The fraction of sp³-hybridized carbons (Fsp3) is 0.0556. The van der Waals surface area contributed by atoms with E-state index in [2.05, 4.69) is 15.3 Å². The monoisotopic (exact) mass is 385 g/mol. The lowest BCUT2D eigenvalue weighted by atomic mass is 10.1. The van der Waals surface area contributed by atoms with Crippen molar-refractivity contribution in [2.75, 3.05) is 5.32 Å². The van der Waals surface area contributed by atoms with E-state index in [9.17, 15) is 14.7 Å². The van der Waals surface area contributed by atoms with E-state index >= 15 is 0 Å². The fourth-order valence-corrected chi connectivity index (χ4v) is 3.89. The maximum atomic E-state index is 12.5. The molecular weight excluding hydrogens is 374 g/mol. The Bertz CT molecular complexity index is 1130. The summed E-state index contributed by atoms with van der Waals surface area (Å²) >= 11 is 7.39. The lowest BCUT2D eigenvalue weighted by Crippen LogP contribution is -2.16. The maximum absolute atomic E-state index is 12.5. The quantitative estimate of drug-likeness (QED) is 0.487. The highest BCUT2D eigenvalue weighted by atomic mass is 35.5. The van der Waals surface area contributed by atoms with Crippen molar-refractivity contribution in [3.63, 3.8) is 0 Å². The smallest absolute Gasteiger partial charge is 0.352 e. The molecule has 0 aliphatic heterocycles. The summed E-state index contributed by atoms with van der Waals surface area (Å²) in [5.41, 5.74) is 1.81. The van der Waals surface area contributed by atoms with E-state index in [0.29, 0.717) is 26.6 Å². The largest absolute Gasteiger partial charge is 0.477 e. The van der Waals surface area contributed by atoms with Crippen LogP contribution in [0.2, 0.25) is 5.02 Å². The number of thiazole rings is 1. The first kappa shape index (κ1) is 16.6. The molecule has 0 atom stereocenters. The van der Waals surface area contributed by atoms with Crippen LogP contribution in [0.25, 0.3) is 21.1 Å². The number of carboxylic acid groups (broad SMARTS) is 1. The number of nitrogens with one attached hydrogen (secondary N) is 2. The number of H-pyrrole nitrogens is 1. The van der Waals surface area contributed by atoms with Gasteiger partial charge in [-0.15, -0.1) is 0 Å². The SMILES string of the molecule is O=C(Cc1c(C(=O)O)[nH]c2ccc(Cl)cc12)Nc1nc2ccccc2s1. The highest BCUT2D eigenvalue weighted by molar-refractivity contribution is 7.22. The summed E-state index contributed by atoms with van der Waals surface area (Å²) in [4.78, 5) is 31.2. The van der Waals surface area contributed by atoms with Crippen LogP contribution < -0.4 is 5.32 Å². The number of nitrogens with zero attached hydrogens (tertiary/aromatic N) is 1. The Hall–Kier alpha value is -2.90. The molecule has 0 aliphatic carbocycles. The zero-order chi connectivity index (χ0) is 18.3. The number of carbonyl (C=O) groups excluding carboxylic acids is 1. The van der Waals surface area contributed by atoms with E-state index < -0.39 is 5.97 Å². The number of benzene rings is 2. The van der Waals surface area contributed by atoms with Crippen molar-refractivity contribution in [1.82, 2.24) is 9.97 Å². The molecule has 8 heteroatoms. The molecular formula is C18H12ClN3O3S. The number of carboxylic acids is 1. The van der Waals surface area contributed by atoms with Gasteiger partial charge < -0.3 is 15.4 Å². The normalized spacial score (nSPS) is 11.1. The molecule has 0 bridgehead atoms. The first-order valence-corrected chi connectivity index (χ1v) is 8.89. The van der Waals surface area contributed by atoms with Crippen LogP contribution in [0.4, 0.5) is 5.13 Å². The van der Waals surface area contributed by atoms with Gasteiger partial charge in [0, 0.05) is 21.5 Å². The number of halogens is 1. The number of aromatic carboxylic acids is 1. The van der Waals surface area contributed by atoms with Crippen LogP contribution in [0.3, 0.4) is 0 Å². The standard InChI is InChI=1S/C18H12ClN3O3S/c19-9-5-6-12-10(7-9)11(16(20-12)17(24)25)8-15(23)22-18-21-13-3-1-2-4-14(13)26-18/h1-7,20H,8H2,(H,24,25)(H,21,22,23). The second kappa shape index (κ2) is 6.44. The fourth-order valence-electron chi connectivity index (χ4n) is 2.84. The van der Waals surface area contributed by atoms with E-state index in [-0.39, 0.29) is 18.0 Å². The van der Waals surface area contributed by atoms with Gasteiger partial charge in [-0.2, -0.15) is 0 Å². The van der Waals surface area contributed by atoms with Crippen LogP contribution in [0, 0.1) is 0 Å². The van der Waals surface area contributed by atoms with Crippen molar-refractivity contribution in [2.24, 2.45) is 0 Å². The van der Waals surface area contributed by atoms with Crippen molar-refractivity contribution in [3.05, 3.63) is 58.7 Å². The third-order valence-corrected chi connectivity index (χ3v) is 5.15. The van der Waals surface area contributed by atoms with Gasteiger partial charge in [-0.1, -0.05) is 35.1 Å². The lowest BCUT2D eigenvalue weighted by molar-refractivity contribution is -0.115. The van der Waals surface area contributed by atoms with Crippen LogP contribution in [0.1, 0.15) is 16.1 Å². The average Bonchev–Trinajstić information content (AvgIpc) is 3.15. The van der Waals surface area contributed by atoms with Crippen molar-refractivity contribution < 1.29 is 14.7 Å². The number of hydrogen-bond acceptors (Lipinski definition) is 4. The molecule has 0 saturated heterocycles. The lowest BCUT2D eigenvalue weighted by Gasteiger charge is -2.03. The molecule has 0 saturated carbocycles. The van der Waals surface area contributed by atoms with Crippen LogP contribution >= 0.6 is 22.9 Å². The first-order chi connectivity index (χ1) is 12.5. The van der Waals surface area contributed by atoms with Gasteiger partial charge in [0.05, 0.1) is 16.6 Å². The minimum Gasteiger partial charge on any atom is -0.477 e. The minimum atomic E-state index is -1.12. The van der Waals surface area contributed by atoms with E-state index in [0.717, 1.165) is 10.2 Å². The summed E-state index contributed by atoms with van der Waals surface area (Å²) in [6.07, 6.45) is -0.0993. The van der Waals surface area contributed by atoms with Crippen molar-refractivity contribution >= 4 is 61.1 Å². The number of hydrogen-bond donors (Lipinski definition) is 3. The van der Waals surface area contributed by atoms with Crippen LogP contribution in [0.15, 0.2) is 42.5 Å². The second-order valence-corrected chi connectivity index (χ2v) is 7.15. The Morgan fingerprint density at radius 2 is 2.04 bits per heavy atom. The van der Waals surface area contributed by atoms with Crippen LogP contribution in [0.5, 0.6) is 0 Å². The molecule has 0 spiro atoms. The molecule has 0 aliphatic rings. The summed E-state index contributed by atoms with van der Waals surface area (Å²) in [5, 5.41) is 13.7. The van der Waals surface area contributed by atoms with Gasteiger partial charge in [0.25, 0.3) is 0 Å². The molecule has 3 N–H and O–H groups in total. The summed E-state index contributed by atoms with van der Waals surface area (Å²) in [6, 6.07) is 12.6. The number of para-hydroxylation sites is 1. The second-order valence-electron chi connectivity index (χ2n) is 5.69. The molecule has 4 aromatic rings. The number of carbonyl (C=O) groups is 2. The highest BCUT2D eigenvalue weighted by Crippen LogP contribution is 2.28. The summed E-state index contributed by atoms with van der Waals surface area (Å²) < 4.78 is 0.966. The zero-order valence-corrected chi connectivity index (χ0v) is 14.8. The molecule has 0 radical (unpaired) electrons. The van der Waals surface area contributed by atoms with Gasteiger partial charge in [0.1, 0.15) is 5.69 Å². The molecule has 2 aromatic carbocycles. The predicted molar refractivity (Wildman–Crippen MR) is 102 cm³/mol. The van der Waals surface area contributed by atoms with Crippen molar-refractivity contribution in [2.45, 2.75) is 6.42 Å². The number of aromatic nitrogens is 2. The van der Waals surface area contributed by atoms with Crippen molar-refractivity contribution in [1.29, 1.82) is 0 Å². The van der Waals surface area contributed by atoms with Crippen LogP contribution in [-0.4, -0.2) is 27.0 Å². The third-order valence-electron chi connectivity index (χ3n) is 3.96. The molecule has 6 nitrogen and oxygen atoms in total. The molecule has 0 fully saturated rings. The molecule has 0 unspecified atom stereocenters. The topological polar surface area (TPSA) is 95.1 Å². The molecule has 4 rings (SSSR count). The maximum Gasteiger partial charge on any atom is 0.352 e. The van der Waals surface area contributed by atoms with Gasteiger partial charge in [-0.25, -0.2) is 9.78 Å². The Balaban J connectivity index is 1.65. The van der Waals surface area contributed by atoms with Crippen molar-refractivity contribution in [3.8, 4) is 0 Å². The molecule has 130 valence electrons. The number of fused-ring (bicyclic) bond motifs is 2. The zero-order valence-electron chi connectivity index (χ0n) is 13.2. The summed E-state index contributed by atoms with van der Waals surface area (Å²) in [6.45, 7) is 0. The third kappa shape index (κ3) is 3.02. The highest BCUT2D eigenvalue weighted by Gasteiger charge is 2.20. The van der Waals surface area contributed by atoms with E-state index in [1.807, 2.05) is 24.3 Å². The Kier molecular flexibility index (Phi) is 4.10. The number of amides is 1.